The van der Waals surface area contributed by atoms with Gasteiger partial charge in [0.15, 0.2) is 0 Å². The van der Waals surface area contributed by atoms with Crippen LogP contribution in [0.1, 0.15) is 19.3 Å². The second kappa shape index (κ2) is 9.69. The molecular weight excluding hydrogens is 358 g/mol. The number of aromatic nitrogens is 2. The van der Waals surface area contributed by atoms with Crippen molar-refractivity contribution in [2.75, 3.05) is 50.7 Å². The molecule has 0 spiro atoms. The summed E-state index contributed by atoms with van der Waals surface area (Å²) >= 11 is 0. The Hall–Kier alpha value is -3.15. The molecule has 0 aromatic carbocycles. The van der Waals surface area contributed by atoms with E-state index < -0.39 is 0 Å². The molecule has 9 nitrogen and oxygen atoms in total. The third-order valence-corrected chi connectivity index (χ3v) is 4.89. The lowest BCUT2D eigenvalue weighted by Crippen LogP contribution is -2.45. The van der Waals surface area contributed by atoms with Crippen LogP contribution in [0.25, 0.3) is 0 Å². The third kappa shape index (κ3) is 5.19. The van der Waals surface area contributed by atoms with Crippen LogP contribution in [0, 0.1) is 11.3 Å². The largest absolute Gasteiger partial charge is 0.373 e. The minimum atomic E-state index is -0.371. The molecule has 2 aliphatic rings. The fraction of sp³-hybridized carbons (Fsp3) is 0.526. The Morgan fingerprint density at radius 1 is 1.21 bits per heavy atom. The van der Waals surface area contributed by atoms with E-state index in [1.165, 1.54) is 0 Å². The predicted octanol–water partition coefficient (Wildman–Crippen LogP) is 0.135. The molecule has 1 N–H and O–H groups in total. The summed E-state index contributed by atoms with van der Waals surface area (Å²) in [6, 6.07) is 3.77. The number of anilines is 1. The minimum Gasteiger partial charge on any atom is -0.373 e. The van der Waals surface area contributed by atoms with Crippen molar-refractivity contribution in [2.24, 2.45) is 0 Å². The van der Waals surface area contributed by atoms with Crippen molar-refractivity contribution >= 4 is 17.8 Å². The van der Waals surface area contributed by atoms with E-state index in [1.54, 1.807) is 24.7 Å². The molecule has 1 aromatic heterocycles. The van der Waals surface area contributed by atoms with E-state index in [0.29, 0.717) is 45.0 Å². The Balaban J connectivity index is 1.42. The number of nitriles is 1. The van der Waals surface area contributed by atoms with Gasteiger partial charge in [0.1, 0.15) is 11.6 Å². The predicted molar refractivity (Wildman–Crippen MR) is 103 cm³/mol. The molecule has 9 heteroatoms. The van der Waals surface area contributed by atoms with Crippen LogP contribution < -0.4 is 10.2 Å². The molecular formula is C19H25N7O2. The van der Waals surface area contributed by atoms with Crippen LogP contribution >= 0.6 is 0 Å². The molecule has 0 aliphatic carbocycles. The summed E-state index contributed by atoms with van der Waals surface area (Å²) in [7, 11) is 0. The van der Waals surface area contributed by atoms with E-state index in [1.807, 2.05) is 15.9 Å². The van der Waals surface area contributed by atoms with Crippen molar-refractivity contribution in [3.8, 4) is 6.07 Å². The first kappa shape index (κ1) is 19.6. The second-order valence-corrected chi connectivity index (χ2v) is 6.82. The maximum atomic E-state index is 12.3. The number of carbonyl (C=O) groups excluding carboxylic acids is 2. The highest BCUT2D eigenvalue weighted by Crippen LogP contribution is 2.11. The molecule has 2 amide bonds. The summed E-state index contributed by atoms with van der Waals surface area (Å²) in [6.07, 6.45) is 7.28. The number of hydrogen-bond acceptors (Lipinski definition) is 7. The second-order valence-electron chi connectivity index (χ2n) is 6.82. The fourth-order valence-electron chi connectivity index (χ4n) is 3.33. The summed E-state index contributed by atoms with van der Waals surface area (Å²) in [6.45, 7) is 4.72. The summed E-state index contributed by atoms with van der Waals surface area (Å²) in [5.41, 5.74) is 0.0988. The van der Waals surface area contributed by atoms with E-state index in [4.69, 9.17) is 0 Å². The van der Waals surface area contributed by atoms with Gasteiger partial charge in [-0.05, 0) is 18.9 Å². The van der Waals surface area contributed by atoms with Crippen molar-refractivity contribution < 1.29 is 9.59 Å². The van der Waals surface area contributed by atoms with E-state index in [2.05, 4.69) is 20.2 Å². The third-order valence-electron chi connectivity index (χ3n) is 4.89. The fourth-order valence-corrected chi connectivity index (χ4v) is 3.33. The lowest BCUT2D eigenvalue weighted by molar-refractivity contribution is -0.127. The number of piperazine rings is 1. The van der Waals surface area contributed by atoms with Gasteiger partial charge in [-0.2, -0.15) is 5.26 Å². The highest BCUT2D eigenvalue weighted by atomic mass is 16.2. The summed E-state index contributed by atoms with van der Waals surface area (Å²) in [4.78, 5) is 38.2. The molecule has 2 saturated heterocycles. The Morgan fingerprint density at radius 3 is 2.61 bits per heavy atom. The normalized spacial score (nSPS) is 17.6. The zero-order valence-electron chi connectivity index (χ0n) is 15.9. The van der Waals surface area contributed by atoms with E-state index in [9.17, 15) is 14.9 Å². The van der Waals surface area contributed by atoms with Gasteiger partial charge in [0.05, 0.1) is 0 Å². The number of nitrogens with zero attached hydrogens (tertiary/aromatic N) is 6. The smallest absolute Gasteiger partial charge is 0.263 e. The number of carbonyl (C=O) groups is 2. The first-order valence-corrected chi connectivity index (χ1v) is 9.61. The average Bonchev–Trinajstić information content (AvgIpc) is 3.15. The van der Waals surface area contributed by atoms with Gasteiger partial charge < -0.3 is 20.0 Å². The molecule has 3 rings (SSSR count). The standard InChI is InChI=1S/C19H25N7O2/c20-14-16(18(28)21-7-3-9-25-8-1-4-17(25)27)15-24-10-12-26(13-11-24)19-22-5-2-6-23-19/h2,5-6,15H,1,3-4,7-13H2,(H,21,28)/b16-15-. The lowest BCUT2D eigenvalue weighted by atomic mass is 10.2. The molecule has 2 fully saturated rings. The van der Waals surface area contributed by atoms with Crippen LogP contribution in [0.3, 0.4) is 0 Å². The average molecular weight is 383 g/mol. The first-order chi connectivity index (χ1) is 13.7. The van der Waals surface area contributed by atoms with Crippen molar-refractivity contribution in [1.29, 1.82) is 5.26 Å². The van der Waals surface area contributed by atoms with E-state index >= 15 is 0 Å². The van der Waals surface area contributed by atoms with Gasteiger partial charge in [0.2, 0.25) is 11.9 Å². The molecule has 0 bridgehead atoms. The van der Waals surface area contributed by atoms with Crippen LogP contribution in [0.5, 0.6) is 0 Å². The monoisotopic (exact) mass is 383 g/mol. The maximum absolute atomic E-state index is 12.3. The Bertz CT molecular complexity index is 751. The summed E-state index contributed by atoms with van der Waals surface area (Å²) in [5, 5.41) is 12.1. The number of rotatable bonds is 7. The van der Waals surface area contributed by atoms with Gasteiger partial charge in [0, 0.05) is 70.8 Å². The lowest BCUT2D eigenvalue weighted by Gasteiger charge is -2.34. The molecule has 148 valence electrons. The molecule has 0 radical (unpaired) electrons. The molecule has 0 unspecified atom stereocenters. The van der Waals surface area contributed by atoms with Gasteiger partial charge in [0.25, 0.3) is 5.91 Å². The van der Waals surface area contributed by atoms with Gasteiger partial charge in [-0.25, -0.2) is 9.97 Å². The van der Waals surface area contributed by atoms with Crippen molar-refractivity contribution in [3.05, 3.63) is 30.2 Å². The first-order valence-electron chi connectivity index (χ1n) is 9.61. The van der Waals surface area contributed by atoms with Crippen molar-refractivity contribution in [1.82, 2.24) is 25.1 Å². The highest BCUT2D eigenvalue weighted by molar-refractivity contribution is 5.97. The van der Waals surface area contributed by atoms with Gasteiger partial charge >= 0.3 is 0 Å². The van der Waals surface area contributed by atoms with Gasteiger partial charge in [-0.1, -0.05) is 0 Å². The van der Waals surface area contributed by atoms with Crippen molar-refractivity contribution in [3.63, 3.8) is 0 Å². The van der Waals surface area contributed by atoms with Crippen LogP contribution in [-0.4, -0.2) is 77.4 Å². The van der Waals surface area contributed by atoms with Crippen LogP contribution in [0.2, 0.25) is 0 Å². The Labute approximate surface area is 164 Å². The highest BCUT2D eigenvalue weighted by Gasteiger charge is 2.20. The van der Waals surface area contributed by atoms with E-state index in [0.717, 1.165) is 26.1 Å². The summed E-state index contributed by atoms with van der Waals surface area (Å²) < 4.78 is 0. The van der Waals surface area contributed by atoms with Crippen LogP contribution in [-0.2, 0) is 9.59 Å². The topological polar surface area (TPSA) is 105 Å². The Kier molecular flexibility index (Phi) is 6.78. The molecule has 0 saturated carbocycles. The molecule has 3 heterocycles. The molecule has 28 heavy (non-hydrogen) atoms. The Morgan fingerprint density at radius 2 is 1.96 bits per heavy atom. The zero-order chi connectivity index (χ0) is 19.8. The van der Waals surface area contributed by atoms with Crippen molar-refractivity contribution in [2.45, 2.75) is 19.3 Å². The number of likely N-dealkylation sites (tertiary alicyclic amines) is 1. The van der Waals surface area contributed by atoms with Crippen LogP contribution in [0.4, 0.5) is 5.95 Å². The molecule has 1 aromatic rings. The van der Waals surface area contributed by atoms with Crippen LogP contribution in [0.15, 0.2) is 30.2 Å². The molecule has 2 aliphatic heterocycles. The zero-order valence-corrected chi connectivity index (χ0v) is 15.9. The minimum absolute atomic E-state index is 0.0988. The maximum Gasteiger partial charge on any atom is 0.263 e. The number of nitrogens with one attached hydrogen (secondary N) is 1. The van der Waals surface area contributed by atoms with Gasteiger partial charge in [-0.3, -0.25) is 9.59 Å². The SMILES string of the molecule is N#C/C(=C/N1CCN(c2ncccn2)CC1)C(=O)NCCCN1CCCC1=O. The molecule has 0 atom stereocenters. The number of hydrogen-bond donors (Lipinski definition) is 1. The van der Waals surface area contributed by atoms with Gasteiger partial charge in [-0.15, -0.1) is 0 Å². The summed E-state index contributed by atoms with van der Waals surface area (Å²) in [5.74, 6) is 0.508. The number of amides is 2. The quantitative estimate of drug-likeness (QED) is 0.405. The van der Waals surface area contributed by atoms with E-state index in [-0.39, 0.29) is 17.4 Å².